The van der Waals surface area contributed by atoms with E-state index >= 15 is 0 Å². The minimum absolute atomic E-state index is 0.00780. The topological polar surface area (TPSA) is 52.3 Å². The van der Waals surface area contributed by atoms with E-state index in [1.807, 2.05) is 20.8 Å². The van der Waals surface area contributed by atoms with Crippen LogP contribution in [-0.4, -0.2) is 19.4 Å². The van der Waals surface area contributed by atoms with Crippen molar-refractivity contribution in [3.8, 4) is 5.75 Å². The molecule has 0 atom stereocenters. The predicted molar refractivity (Wildman–Crippen MR) is 68.3 cm³/mol. The average molecular weight is 286 g/mol. The summed E-state index contributed by atoms with van der Waals surface area (Å²) in [6.45, 7) is 5.81. The van der Waals surface area contributed by atoms with E-state index in [1.165, 1.54) is 0 Å². The molecule has 16 heavy (non-hydrogen) atoms. The highest BCUT2D eigenvalue weighted by molar-refractivity contribution is 9.10. The Morgan fingerprint density at radius 1 is 1.25 bits per heavy atom. The molecule has 4 heteroatoms. The second kappa shape index (κ2) is 4.97. The number of halogens is 1. The second-order valence-electron chi connectivity index (χ2n) is 3.72. The molecular weight excluding hydrogens is 270 g/mol. The summed E-state index contributed by atoms with van der Waals surface area (Å²) in [6.07, 6.45) is 0. The van der Waals surface area contributed by atoms with Crippen LogP contribution in [0.4, 0.5) is 0 Å². The van der Waals surface area contributed by atoms with Gasteiger partial charge in [-0.15, -0.1) is 0 Å². The molecule has 0 aromatic heterocycles. The third-order valence-electron chi connectivity index (χ3n) is 2.83. The third kappa shape index (κ3) is 1.99. The molecule has 1 rings (SSSR count). The Balaban J connectivity index is 3.64. The zero-order chi connectivity index (χ0) is 12.5. The fourth-order valence-electron chi connectivity index (χ4n) is 1.78. The minimum Gasteiger partial charge on any atom is -0.496 e. The van der Waals surface area contributed by atoms with Crippen molar-refractivity contribution in [1.29, 1.82) is 0 Å². The van der Waals surface area contributed by atoms with Crippen molar-refractivity contribution in [2.45, 2.75) is 20.8 Å². The van der Waals surface area contributed by atoms with E-state index in [-0.39, 0.29) is 12.3 Å². The number of ketones is 1. The van der Waals surface area contributed by atoms with Crippen LogP contribution in [0.1, 0.15) is 27.0 Å². The van der Waals surface area contributed by atoms with Crippen LogP contribution in [0, 0.1) is 20.8 Å². The molecule has 1 aromatic carbocycles. The van der Waals surface area contributed by atoms with Gasteiger partial charge in [-0.1, -0.05) is 15.9 Å². The monoisotopic (exact) mass is 285 g/mol. The van der Waals surface area contributed by atoms with Gasteiger partial charge in [0.05, 0.1) is 19.2 Å². The molecule has 88 valence electrons. The van der Waals surface area contributed by atoms with Crippen molar-refractivity contribution in [3.63, 3.8) is 0 Å². The minimum atomic E-state index is -0.0989. The van der Waals surface area contributed by atoms with Gasteiger partial charge >= 0.3 is 0 Å². The molecule has 0 bridgehead atoms. The highest BCUT2D eigenvalue weighted by atomic mass is 79.9. The molecule has 0 radical (unpaired) electrons. The Morgan fingerprint density at radius 3 is 2.25 bits per heavy atom. The van der Waals surface area contributed by atoms with Gasteiger partial charge in [-0.05, 0) is 37.5 Å². The van der Waals surface area contributed by atoms with E-state index in [4.69, 9.17) is 10.5 Å². The van der Waals surface area contributed by atoms with Crippen LogP contribution in [0.3, 0.4) is 0 Å². The number of nitrogens with two attached hydrogens (primary N) is 1. The molecule has 1 aromatic rings. The number of hydrogen-bond donors (Lipinski definition) is 1. The molecule has 0 aliphatic carbocycles. The number of carbonyl (C=O) groups is 1. The van der Waals surface area contributed by atoms with Crippen molar-refractivity contribution < 1.29 is 9.53 Å². The maximum absolute atomic E-state index is 11.8. The largest absolute Gasteiger partial charge is 0.496 e. The molecule has 0 saturated carbocycles. The lowest BCUT2D eigenvalue weighted by Crippen LogP contribution is -2.17. The van der Waals surface area contributed by atoms with E-state index in [0.29, 0.717) is 11.3 Å². The van der Waals surface area contributed by atoms with Crippen LogP contribution in [0.25, 0.3) is 0 Å². The van der Waals surface area contributed by atoms with Gasteiger partial charge in [-0.25, -0.2) is 0 Å². The molecule has 0 amide bonds. The Bertz CT molecular complexity index is 441. The molecule has 2 N–H and O–H groups in total. The summed E-state index contributed by atoms with van der Waals surface area (Å²) in [4.78, 5) is 11.8. The lowest BCUT2D eigenvalue weighted by Gasteiger charge is -2.17. The summed E-state index contributed by atoms with van der Waals surface area (Å²) in [5, 5.41) is 0. The standard InChI is InChI=1S/C12H16BrNO2/c1-6-7(2)12(16-4)10(9(15)5-14)8(3)11(6)13/h5,14H2,1-4H3. The molecule has 0 heterocycles. The van der Waals surface area contributed by atoms with Crippen LogP contribution in [-0.2, 0) is 0 Å². The van der Waals surface area contributed by atoms with Gasteiger partial charge in [0.2, 0.25) is 0 Å². The first-order valence-corrected chi connectivity index (χ1v) is 5.81. The summed E-state index contributed by atoms with van der Waals surface area (Å²) >= 11 is 3.49. The first kappa shape index (κ1) is 13.2. The van der Waals surface area contributed by atoms with Gasteiger partial charge in [-0.2, -0.15) is 0 Å². The number of benzene rings is 1. The molecule has 0 spiro atoms. The lowest BCUT2D eigenvalue weighted by atomic mass is 9.96. The van der Waals surface area contributed by atoms with E-state index in [2.05, 4.69) is 15.9 Å². The van der Waals surface area contributed by atoms with Crippen LogP contribution in [0.15, 0.2) is 4.47 Å². The van der Waals surface area contributed by atoms with Gasteiger partial charge in [-0.3, -0.25) is 4.79 Å². The smallest absolute Gasteiger partial charge is 0.180 e. The highest BCUT2D eigenvalue weighted by Gasteiger charge is 2.20. The molecule has 0 unspecified atom stereocenters. The second-order valence-corrected chi connectivity index (χ2v) is 4.52. The quantitative estimate of drug-likeness (QED) is 0.869. The average Bonchev–Trinajstić information content (AvgIpc) is 2.29. The van der Waals surface area contributed by atoms with Crippen molar-refractivity contribution in [2.75, 3.05) is 13.7 Å². The summed E-state index contributed by atoms with van der Waals surface area (Å²) in [5.74, 6) is 0.534. The zero-order valence-electron chi connectivity index (χ0n) is 9.98. The Kier molecular flexibility index (Phi) is 4.10. The van der Waals surface area contributed by atoms with Gasteiger partial charge in [0.1, 0.15) is 5.75 Å². The number of ether oxygens (including phenoxy) is 1. The fourth-order valence-corrected chi connectivity index (χ4v) is 2.27. The zero-order valence-corrected chi connectivity index (χ0v) is 11.6. The maximum atomic E-state index is 11.8. The lowest BCUT2D eigenvalue weighted by molar-refractivity contribution is 0.0997. The van der Waals surface area contributed by atoms with Crippen LogP contribution >= 0.6 is 15.9 Å². The van der Waals surface area contributed by atoms with Gasteiger partial charge in [0, 0.05) is 4.47 Å². The normalized spacial score (nSPS) is 10.4. The first-order valence-electron chi connectivity index (χ1n) is 5.02. The van der Waals surface area contributed by atoms with Crippen molar-refractivity contribution in [2.24, 2.45) is 5.73 Å². The summed E-state index contributed by atoms with van der Waals surface area (Å²) in [6, 6.07) is 0. The number of carbonyl (C=O) groups excluding carboxylic acids is 1. The molecule has 3 nitrogen and oxygen atoms in total. The summed E-state index contributed by atoms with van der Waals surface area (Å²) in [7, 11) is 1.57. The van der Waals surface area contributed by atoms with E-state index in [9.17, 15) is 4.79 Å². The predicted octanol–water partition coefficient (Wildman–Crippen LogP) is 2.52. The van der Waals surface area contributed by atoms with Gasteiger partial charge in [0.15, 0.2) is 5.78 Å². The van der Waals surface area contributed by atoms with Gasteiger partial charge in [0.25, 0.3) is 0 Å². The van der Waals surface area contributed by atoms with Crippen molar-refractivity contribution in [1.82, 2.24) is 0 Å². The number of methoxy groups -OCH3 is 1. The van der Waals surface area contributed by atoms with Crippen molar-refractivity contribution in [3.05, 3.63) is 26.7 Å². The van der Waals surface area contributed by atoms with E-state index in [0.717, 1.165) is 21.2 Å². The third-order valence-corrected chi connectivity index (χ3v) is 4.02. The van der Waals surface area contributed by atoms with Crippen LogP contribution in [0.5, 0.6) is 5.75 Å². The Hall–Kier alpha value is -0.870. The Morgan fingerprint density at radius 2 is 1.81 bits per heavy atom. The van der Waals surface area contributed by atoms with Crippen molar-refractivity contribution >= 4 is 21.7 Å². The maximum Gasteiger partial charge on any atom is 0.180 e. The number of hydrogen-bond acceptors (Lipinski definition) is 3. The summed E-state index contributed by atoms with van der Waals surface area (Å²) < 4.78 is 6.27. The van der Waals surface area contributed by atoms with E-state index < -0.39 is 0 Å². The van der Waals surface area contributed by atoms with Crippen LogP contribution in [0.2, 0.25) is 0 Å². The first-order chi connectivity index (χ1) is 7.45. The molecule has 0 aliphatic rings. The number of rotatable bonds is 3. The number of Topliss-reactive ketones (excluding diaryl/α,β-unsaturated/α-hetero) is 1. The molecular formula is C12H16BrNO2. The van der Waals surface area contributed by atoms with E-state index in [1.54, 1.807) is 7.11 Å². The van der Waals surface area contributed by atoms with Crippen LogP contribution < -0.4 is 10.5 Å². The SMILES string of the molecule is COc1c(C)c(C)c(Br)c(C)c1C(=O)CN. The fraction of sp³-hybridized carbons (Fsp3) is 0.417. The summed E-state index contributed by atoms with van der Waals surface area (Å²) in [5.41, 5.74) is 8.94. The van der Waals surface area contributed by atoms with Gasteiger partial charge < -0.3 is 10.5 Å². The molecule has 0 fully saturated rings. The highest BCUT2D eigenvalue weighted by Crippen LogP contribution is 2.35. The Labute approximate surface area is 104 Å². The molecule has 0 saturated heterocycles. The molecule has 0 aliphatic heterocycles.